The second-order valence-corrected chi connectivity index (χ2v) is 6.31. The minimum absolute atomic E-state index is 0. The predicted molar refractivity (Wildman–Crippen MR) is 91.3 cm³/mol. The molecule has 2 atom stereocenters. The maximum atomic E-state index is 3.48. The first-order chi connectivity index (χ1) is 9.74. The number of nitrogens with one attached hydrogen (secondary N) is 1. The highest BCUT2D eigenvalue weighted by atomic mass is 35.5. The Morgan fingerprint density at radius 3 is 2.57 bits per heavy atom. The molecule has 0 spiro atoms. The number of piperazine rings is 1. The standard InChI is InChI=1S/C17H27N3.ClH/c1-14-4-3-5-16(12-14)15(2)19-8-10-20(11-9-19)17-6-7-18-13-17;/h3-5,12,15,17-18H,6-11,13H2,1-2H3;1H. The molecule has 2 aliphatic rings. The van der Waals surface area contributed by atoms with Crippen LogP contribution in [0.5, 0.6) is 0 Å². The minimum atomic E-state index is 0. The van der Waals surface area contributed by atoms with Crippen LogP contribution in [0.2, 0.25) is 0 Å². The number of halogens is 1. The predicted octanol–water partition coefficient (Wildman–Crippen LogP) is 2.46. The smallest absolute Gasteiger partial charge is 0.0321 e. The molecule has 2 unspecified atom stereocenters. The summed E-state index contributed by atoms with van der Waals surface area (Å²) in [6.45, 7) is 11.8. The monoisotopic (exact) mass is 309 g/mol. The van der Waals surface area contributed by atoms with Gasteiger partial charge in [-0.05, 0) is 32.4 Å². The van der Waals surface area contributed by atoms with Crippen LogP contribution in [-0.2, 0) is 0 Å². The van der Waals surface area contributed by atoms with E-state index in [9.17, 15) is 0 Å². The van der Waals surface area contributed by atoms with Gasteiger partial charge >= 0.3 is 0 Å². The van der Waals surface area contributed by atoms with E-state index >= 15 is 0 Å². The van der Waals surface area contributed by atoms with Gasteiger partial charge in [0.2, 0.25) is 0 Å². The van der Waals surface area contributed by atoms with Crippen molar-refractivity contribution in [3.05, 3.63) is 35.4 Å². The van der Waals surface area contributed by atoms with E-state index < -0.39 is 0 Å². The van der Waals surface area contributed by atoms with Gasteiger partial charge in [0.15, 0.2) is 0 Å². The van der Waals surface area contributed by atoms with Gasteiger partial charge in [0, 0.05) is 44.8 Å². The molecule has 0 amide bonds. The van der Waals surface area contributed by atoms with Gasteiger partial charge < -0.3 is 5.32 Å². The zero-order valence-corrected chi connectivity index (χ0v) is 14.0. The molecule has 0 radical (unpaired) electrons. The maximum absolute atomic E-state index is 3.48. The molecule has 0 saturated carbocycles. The SMILES string of the molecule is Cc1cccc(C(C)N2CCN(C3CCNC3)CC2)c1.Cl. The van der Waals surface area contributed by atoms with E-state index in [0.29, 0.717) is 6.04 Å². The molecule has 2 heterocycles. The van der Waals surface area contributed by atoms with Crippen LogP contribution in [0.1, 0.15) is 30.5 Å². The van der Waals surface area contributed by atoms with Crippen LogP contribution in [0.3, 0.4) is 0 Å². The molecule has 21 heavy (non-hydrogen) atoms. The zero-order chi connectivity index (χ0) is 13.9. The number of hydrogen-bond acceptors (Lipinski definition) is 3. The van der Waals surface area contributed by atoms with Gasteiger partial charge in [0.05, 0.1) is 0 Å². The lowest BCUT2D eigenvalue weighted by molar-refractivity contribution is 0.0787. The van der Waals surface area contributed by atoms with Gasteiger partial charge in [-0.15, -0.1) is 12.4 Å². The van der Waals surface area contributed by atoms with Crippen molar-refractivity contribution in [2.45, 2.75) is 32.4 Å². The second kappa shape index (κ2) is 7.59. The van der Waals surface area contributed by atoms with Crippen molar-refractivity contribution < 1.29 is 0 Å². The quantitative estimate of drug-likeness (QED) is 0.925. The van der Waals surface area contributed by atoms with Crippen molar-refractivity contribution in [1.82, 2.24) is 15.1 Å². The molecule has 2 aliphatic heterocycles. The molecule has 4 heteroatoms. The molecule has 3 rings (SSSR count). The Labute approximate surface area is 135 Å². The van der Waals surface area contributed by atoms with Crippen LogP contribution in [0.4, 0.5) is 0 Å². The van der Waals surface area contributed by atoms with E-state index in [-0.39, 0.29) is 12.4 Å². The molecular formula is C17H28ClN3. The van der Waals surface area contributed by atoms with E-state index in [1.165, 1.54) is 56.8 Å². The lowest BCUT2D eigenvalue weighted by Crippen LogP contribution is -2.51. The first-order valence-electron chi connectivity index (χ1n) is 7.99. The molecule has 0 aromatic heterocycles. The van der Waals surface area contributed by atoms with Crippen molar-refractivity contribution in [3.8, 4) is 0 Å². The summed E-state index contributed by atoms with van der Waals surface area (Å²) < 4.78 is 0. The summed E-state index contributed by atoms with van der Waals surface area (Å²) in [5.74, 6) is 0. The average molecular weight is 310 g/mol. The van der Waals surface area contributed by atoms with E-state index in [2.05, 4.69) is 53.2 Å². The summed E-state index contributed by atoms with van der Waals surface area (Å²) in [7, 11) is 0. The Hall–Kier alpha value is -0.610. The lowest BCUT2D eigenvalue weighted by Gasteiger charge is -2.40. The highest BCUT2D eigenvalue weighted by Crippen LogP contribution is 2.23. The van der Waals surface area contributed by atoms with Crippen LogP contribution in [-0.4, -0.2) is 55.1 Å². The summed E-state index contributed by atoms with van der Waals surface area (Å²) in [4.78, 5) is 5.31. The van der Waals surface area contributed by atoms with Crippen molar-refractivity contribution in [3.63, 3.8) is 0 Å². The molecule has 0 aliphatic carbocycles. The van der Waals surface area contributed by atoms with Crippen LogP contribution < -0.4 is 5.32 Å². The van der Waals surface area contributed by atoms with Gasteiger partial charge in [-0.1, -0.05) is 29.8 Å². The van der Waals surface area contributed by atoms with Gasteiger partial charge in [0.25, 0.3) is 0 Å². The highest BCUT2D eigenvalue weighted by molar-refractivity contribution is 5.85. The van der Waals surface area contributed by atoms with Crippen LogP contribution in [0.15, 0.2) is 24.3 Å². The van der Waals surface area contributed by atoms with Crippen LogP contribution >= 0.6 is 12.4 Å². The minimum Gasteiger partial charge on any atom is -0.315 e. The summed E-state index contributed by atoms with van der Waals surface area (Å²) in [5, 5.41) is 3.48. The third kappa shape index (κ3) is 3.98. The molecule has 1 aromatic rings. The van der Waals surface area contributed by atoms with Gasteiger partial charge in [0.1, 0.15) is 0 Å². The molecular weight excluding hydrogens is 282 g/mol. The largest absolute Gasteiger partial charge is 0.315 e. The molecule has 3 nitrogen and oxygen atoms in total. The fourth-order valence-electron chi connectivity index (χ4n) is 3.58. The molecule has 2 fully saturated rings. The molecule has 1 N–H and O–H groups in total. The van der Waals surface area contributed by atoms with Crippen LogP contribution in [0.25, 0.3) is 0 Å². The normalized spacial score (nSPS) is 25.5. The summed E-state index contributed by atoms with van der Waals surface area (Å²) >= 11 is 0. The van der Waals surface area contributed by atoms with Gasteiger partial charge in [-0.2, -0.15) is 0 Å². The fraction of sp³-hybridized carbons (Fsp3) is 0.647. The number of hydrogen-bond donors (Lipinski definition) is 1. The molecule has 2 saturated heterocycles. The van der Waals surface area contributed by atoms with Crippen molar-refractivity contribution in [2.24, 2.45) is 0 Å². The summed E-state index contributed by atoms with van der Waals surface area (Å²) in [6.07, 6.45) is 1.33. The fourth-order valence-corrected chi connectivity index (χ4v) is 3.58. The Kier molecular flexibility index (Phi) is 6.06. The number of rotatable bonds is 3. The lowest BCUT2D eigenvalue weighted by atomic mass is 10.0. The van der Waals surface area contributed by atoms with Crippen molar-refractivity contribution in [2.75, 3.05) is 39.3 Å². The number of aryl methyl sites for hydroxylation is 1. The Morgan fingerprint density at radius 2 is 1.95 bits per heavy atom. The second-order valence-electron chi connectivity index (χ2n) is 6.31. The van der Waals surface area contributed by atoms with Crippen LogP contribution in [0, 0.1) is 6.92 Å². The third-order valence-electron chi connectivity index (χ3n) is 4.97. The number of nitrogens with zero attached hydrogens (tertiary/aromatic N) is 2. The molecule has 118 valence electrons. The summed E-state index contributed by atoms with van der Waals surface area (Å²) in [5.41, 5.74) is 2.82. The Bertz CT molecular complexity index is 437. The average Bonchev–Trinajstić information content (AvgIpc) is 3.01. The van der Waals surface area contributed by atoms with E-state index in [4.69, 9.17) is 0 Å². The zero-order valence-electron chi connectivity index (χ0n) is 13.2. The first kappa shape index (κ1) is 16.8. The van der Waals surface area contributed by atoms with E-state index in [1.54, 1.807) is 0 Å². The highest BCUT2D eigenvalue weighted by Gasteiger charge is 2.27. The Balaban J connectivity index is 0.00000161. The van der Waals surface area contributed by atoms with E-state index in [1.807, 2.05) is 0 Å². The van der Waals surface area contributed by atoms with Gasteiger partial charge in [-0.3, -0.25) is 9.80 Å². The van der Waals surface area contributed by atoms with Crippen molar-refractivity contribution >= 4 is 12.4 Å². The molecule has 0 bridgehead atoms. The molecule has 1 aromatic carbocycles. The third-order valence-corrected chi connectivity index (χ3v) is 4.97. The Morgan fingerprint density at radius 1 is 1.19 bits per heavy atom. The summed E-state index contributed by atoms with van der Waals surface area (Å²) in [6, 6.07) is 10.3. The van der Waals surface area contributed by atoms with E-state index in [0.717, 1.165) is 6.04 Å². The number of benzene rings is 1. The van der Waals surface area contributed by atoms with Gasteiger partial charge in [-0.25, -0.2) is 0 Å². The topological polar surface area (TPSA) is 18.5 Å². The first-order valence-corrected chi connectivity index (χ1v) is 7.99. The maximum Gasteiger partial charge on any atom is 0.0321 e. The van der Waals surface area contributed by atoms with Crippen molar-refractivity contribution in [1.29, 1.82) is 0 Å².